The van der Waals surface area contributed by atoms with Gasteiger partial charge in [0.2, 0.25) is 0 Å². The molecule has 2 aromatic rings. The summed E-state index contributed by atoms with van der Waals surface area (Å²) in [4.78, 5) is 15.8. The molecule has 1 saturated heterocycles. The Morgan fingerprint density at radius 3 is 2.48 bits per heavy atom. The number of halogens is 1. The number of cyclic esters (lactones) is 1. The summed E-state index contributed by atoms with van der Waals surface area (Å²) in [5.74, 6) is 2.38. The molecule has 5 atom stereocenters. The highest BCUT2D eigenvalue weighted by Crippen LogP contribution is 2.49. The molecule has 166 valence electrons. The number of pyridine rings is 1. The summed E-state index contributed by atoms with van der Waals surface area (Å²) in [7, 11) is 0. The molecule has 3 aliphatic rings. The number of esters is 1. The average molecular weight is 424 g/mol. The van der Waals surface area contributed by atoms with Crippen LogP contribution >= 0.6 is 0 Å². The van der Waals surface area contributed by atoms with Crippen LogP contribution in [0.2, 0.25) is 0 Å². The second kappa shape index (κ2) is 10.2. The monoisotopic (exact) mass is 423 g/mol. The van der Waals surface area contributed by atoms with Gasteiger partial charge in [-0.05, 0) is 61.4 Å². The smallest absolute Gasteiger partial charge is 0.309 e. The van der Waals surface area contributed by atoms with Crippen molar-refractivity contribution in [3.05, 3.63) is 60.7 Å². The molecule has 2 aliphatic carbocycles. The van der Waals surface area contributed by atoms with Gasteiger partial charge in [-0.25, -0.2) is 4.39 Å². The van der Waals surface area contributed by atoms with Crippen LogP contribution in [0.3, 0.4) is 0 Å². The number of aromatic nitrogens is 1. The Morgan fingerprint density at radius 1 is 1.10 bits per heavy atom. The van der Waals surface area contributed by atoms with Crippen molar-refractivity contribution in [3.63, 3.8) is 0 Å². The number of carbonyl (C=O) groups excluding carboxylic acids is 1. The number of rotatable bonds is 2. The van der Waals surface area contributed by atoms with Crippen LogP contribution in [0.4, 0.5) is 4.39 Å². The van der Waals surface area contributed by atoms with E-state index in [0.717, 1.165) is 35.1 Å². The normalized spacial score (nSPS) is 28.7. The van der Waals surface area contributed by atoms with Crippen LogP contribution < -0.4 is 0 Å². The Labute approximate surface area is 185 Å². The third-order valence-electron chi connectivity index (χ3n) is 7.08. The summed E-state index contributed by atoms with van der Waals surface area (Å²) in [5, 5.41) is 0. The lowest BCUT2D eigenvalue weighted by molar-refractivity contribution is -0.144. The second-order valence-electron chi connectivity index (χ2n) is 8.87. The zero-order chi connectivity index (χ0) is 21.1. The van der Waals surface area contributed by atoms with Crippen molar-refractivity contribution >= 4 is 12.0 Å². The molecule has 3 fully saturated rings. The van der Waals surface area contributed by atoms with Crippen molar-refractivity contribution in [2.24, 2.45) is 23.7 Å². The van der Waals surface area contributed by atoms with Gasteiger partial charge in [0.1, 0.15) is 11.9 Å². The predicted octanol–water partition coefficient (Wildman–Crippen LogP) is 6.93. The minimum absolute atomic E-state index is 0. The quantitative estimate of drug-likeness (QED) is 0.492. The highest BCUT2D eigenvalue weighted by molar-refractivity contribution is 5.75. The molecule has 3 nitrogen and oxygen atoms in total. The lowest BCUT2D eigenvalue weighted by Crippen LogP contribution is -2.35. The molecule has 0 spiro atoms. The van der Waals surface area contributed by atoms with E-state index in [9.17, 15) is 9.18 Å². The molecule has 1 aromatic carbocycles. The standard InChI is InChI=1S/C13H10FN.C13H20O2.CH4/c1-2-13-7-6-11(9-15-13)10-4-3-5-12(14)8-10;1-8-11-6-9-4-2-3-5-10(9)7-12(11)13(14)15-8;/h2-9H,1H2;8-12H,2-7H2,1H3;1H4. The number of hydrogen-bond donors (Lipinski definition) is 0. The molecule has 2 heterocycles. The Morgan fingerprint density at radius 2 is 1.84 bits per heavy atom. The van der Waals surface area contributed by atoms with E-state index >= 15 is 0 Å². The van der Waals surface area contributed by atoms with Gasteiger partial charge < -0.3 is 4.74 Å². The van der Waals surface area contributed by atoms with Crippen molar-refractivity contribution in [1.29, 1.82) is 0 Å². The third-order valence-corrected chi connectivity index (χ3v) is 7.08. The number of hydrogen-bond acceptors (Lipinski definition) is 3. The maximum atomic E-state index is 13.0. The second-order valence-corrected chi connectivity index (χ2v) is 8.87. The SMILES string of the molecule is C.C=Cc1ccc(-c2cccc(F)c2)cn1.CC1OC(=O)C2CC3CCCCC3CC12. The van der Waals surface area contributed by atoms with Gasteiger partial charge >= 0.3 is 5.97 Å². The first-order chi connectivity index (χ1) is 14.5. The summed E-state index contributed by atoms with van der Waals surface area (Å²) in [6.07, 6.45) is 11.5. The zero-order valence-corrected chi connectivity index (χ0v) is 17.6. The van der Waals surface area contributed by atoms with Gasteiger partial charge in [-0.3, -0.25) is 9.78 Å². The van der Waals surface area contributed by atoms with Crippen molar-refractivity contribution in [3.8, 4) is 11.1 Å². The van der Waals surface area contributed by atoms with E-state index in [0.29, 0.717) is 5.92 Å². The third kappa shape index (κ3) is 5.23. The number of fused-ring (bicyclic) bond motifs is 2. The van der Waals surface area contributed by atoms with Crippen LogP contribution in [0, 0.1) is 29.5 Å². The van der Waals surface area contributed by atoms with Gasteiger partial charge in [-0.2, -0.15) is 0 Å². The van der Waals surface area contributed by atoms with Gasteiger partial charge in [0.15, 0.2) is 0 Å². The van der Waals surface area contributed by atoms with Crippen molar-refractivity contribution in [2.75, 3.05) is 0 Å². The minimum Gasteiger partial charge on any atom is -0.462 e. The van der Waals surface area contributed by atoms with Crippen molar-refractivity contribution in [1.82, 2.24) is 4.98 Å². The lowest BCUT2D eigenvalue weighted by atomic mass is 9.63. The molecule has 0 amide bonds. The molecule has 5 rings (SSSR count). The summed E-state index contributed by atoms with van der Waals surface area (Å²) in [6.45, 7) is 5.70. The van der Waals surface area contributed by atoms with E-state index in [1.54, 1.807) is 18.3 Å². The first-order valence-electron chi connectivity index (χ1n) is 11.1. The van der Waals surface area contributed by atoms with Gasteiger partial charge in [-0.1, -0.05) is 57.9 Å². The van der Waals surface area contributed by atoms with Crippen LogP contribution in [0.5, 0.6) is 0 Å². The van der Waals surface area contributed by atoms with Gasteiger partial charge in [-0.15, -0.1) is 0 Å². The molecule has 1 aromatic heterocycles. The number of carbonyl (C=O) groups is 1. The molecule has 5 unspecified atom stereocenters. The molecular formula is C27H34FNO2. The fourth-order valence-electron chi connectivity index (χ4n) is 5.43. The number of benzene rings is 1. The highest BCUT2D eigenvalue weighted by atomic mass is 19.1. The van der Waals surface area contributed by atoms with Crippen LogP contribution in [-0.4, -0.2) is 17.1 Å². The average Bonchev–Trinajstić information content (AvgIpc) is 3.05. The maximum Gasteiger partial charge on any atom is 0.309 e. The first-order valence-corrected chi connectivity index (χ1v) is 11.1. The van der Waals surface area contributed by atoms with Gasteiger partial charge in [0.05, 0.1) is 11.6 Å². The Bertz CT molecular complexity index is 894. The molecule has 0 bridgehead atoms. The number of nitrogens with zero attached hydrogens (tertiary/aromatic N) is 1. The largest absolute Gasteiger partial charge is 0.462 e. The van der Waals surface area contributed by atoms with E-state index in [1.165, 1.54) is 44.2 Å². The van der Waals surface area contributed by atoms with Crippen LogP contribution in [0.25, 0.3) is 17.2 Å². The molecular weight excluding hydrogens is 389 g/mol. The van der Waals surface area contributed by atoms with E-state index in [-0.39, 0.29) is 31.2 Å². The van der Waals surface area contributed by atoms with E-state index in [2.05, 4.69) is 18.5 Å². The molecule has 2 saturated carbocycles. The van der Waals surface area contributed by atoms with E-state index < -0.39 is 0 Å². The molecule has 31 heavy (non-hydrogen) atoms. The molecule has 4 heteroatoms. The summed E-state index contributed by atoms with van der Waals surface area (Å²) in [5.41, 5.74) is 2.55. The van der Waals surface area contributed by atoms with Gasteiger partial charge in [0, 0.05) is 17.7 Å². The minimum atomic E-state index is -0.236. The highest BCUT2D eigenvalue weighted by Gasteiger charge is 2.49. The van der Waals surface area contributed by atoms with Crippen molar-refractivity contribution in [2.45, 2.75) is 59.0 Å². The van der Waals surface area contributed by atoms with Gasteiger partial charge in [0.25, 0.3) is 0 Å². The Hall–Kier alpha value is -2.49. The fraction of sp³-hybridized carbons (Fsp3) is 0.481. The Kier molecular flexibility index (Phi) is 7.64. The Balaban J connectivity index is 0.000000170. The molecule has 1 aliphatic heterocycles. The maximum absolute atomic E-state index is 13.0. The molecule has 0 radical (unpaired) electrons. The molecule has 0 N–H and O–H groups in total. The summed E-state index contributed by atoms with van der Waals surface area (Å²) in [6, 6.07) is 10.2. The predicted molar refractivity (Wildman–Crippen MR) is 124 cm³/mol. The van der Waals surface area contributed by atoms with Crippen molar-refractivity contribution < 1.29 is 13.9 Å². The summed E-state index contributed by atoms with van der Waals surface area (Å²) < 4.78 is 18.3. The van der Waals surface area contributed by atoms with Crippen LogP contribution in [0.15, 0.2) is 49.2 Å². The zero-order valence-electron chi connectivity index (χ0n) is 17.6. The van der Waals surface area contributed by atoms with E-state index in [4.69, 9.17) is 4.74 Å². The lowest BCUT2D eigenvalue weighted by Gasteiger charge is -2.40. The van der Waals surface area contributed by atoms with Crippen LogP contribution in [0.1, 0.15) is 58.6 Å². The number of ether oxygens (including phenoxy) is 1. The first kappa shape index (κ1) is 23.2. The summed E-state index contributed by atoms with van der Waals surface area (Å²) >= 11 is 0. The van der Waals surface area contributed by atoms with Crippen LogP contribution in [-0.2, 0) is 9.53 Å². The van der Waals surface area contributed by atoms with E-state index in [1.807, 2.05) is 18.2 Å². The topological polar surface area (TPSA) is 39.2 Å². The fourth-order valence-corrected chi connectivity index (χ4v) is 5.43.